The van der Waals surface area contributed by atoms with Crippen molar-refractivity contribution in [3.63, 3.8) is 0 Å². The normalized spacial score (nSPS) is 10.6. The van der Waals surface area contributed by atoms with E-state index in [0.29, 0.717) is 31.1 Å². The summed E-state index contributed by atoms with van der Waals surface area (Å²) in [5, 5.41) is 2.91. The van der Waals surface area contributed by atoms with Crippen molar-refractivity contribution in [3.05, 3.63) is 58.3 Å². The Bertz CT molecular complexity index is 687. The predicted octanol–water partition coefficient (Wildman–Crippen LogP) is 4.43. The summed E-state index contributed by atoms with van der Waals surface area (Å²) in [6.07, 6.45) is 1.79. The minimum Gasteiger partial charge on any atom is -0.492 e. The number of para-hydroxylation sites is 2. The van der Waals surface area contributed by atoms with Gasteiger partial charge in [-0.3, -0.25) is 9.69 Å². The number of amides is 1. The van der Waals surface area contributed by atoms with Crippen LogP contribution < -0.4 is 10.1 Å². The van der Waals surface area contributed by atoms with Crippen molar-refractivity contribution in [2.75, 3.05) is 25.0 Å². The second-order valence-corrected chi connectivity index (χ2v) is 6.94. The largest absolute Gasteiger partial charge is 0.492 e. The summed E-state index contributed by atoms with van der Waals surface area (Å²) >= 11 is 7.49. The van der Waals surface area contributed by atoms with E-state index < -0.39 is 0 Å². The van der Waals surface area contributed by atoms with Gasteiger partial charge in [-0.15, -0.1) is 17.9 Å². The van der Waals surface area contributed by atoms with Crippen molar-refractivity contribution in [3.8, 4) is 5.75 Å². The molecule has 1 aromatic carbocycles. The minimum absolute atomic E-state index is 0.0911. The first-order valence-corrected chi connectivity index (χ1v) is 8.91. The number of rotatable bonds is 9. The summed E-state index contributed by atoms with van der Waals surface area (Å²) in [5.74, 6) is 0.584. The van der Waals surface area contributed by atoms with Crippen LogP contribution in [0, 0.1) is 0 Å². The topological polar surface area (TPSA) is 41.6 Å². The highest BCUT2D eigenvalue weighted by Gasteiger charge is 2.13. The Morgan fingerprint density at radius 2 is 2.17 bits per heavy atom. The van der Waals surface area contributed by atoms with Crippen molar-refractivity contribution in [1.82, 2.24) is 4.90 Å². The molecule has 1 heterocycles. The maximum absolute atomic E-state index is 12.4. The van der Waals surface area contributed by atoms with Crippen molar-refractivity contribution < 1.29 is 9.53 Å². The molecule has 0 spiro atoms. The van der Waals surface area contributed by atoms with Crippen LogP contribution in [0.4, 0.5) is 5.69 Å². The number of thiophene rings is 1. The highest BCUT2D eigenvalue weighted by atomic mass is 35.5. The van der Waals surface area contributed by atoms with E-state index in [-0.39, 0.29) is 12.5 Å². The lowest BCUT2D eigenvalue weighted by atomic mass is 10.3. The molecular formula is C18H21ClN2O2S. The van der Waals surface area contributed by atoms with Gasteiger partial charge < -0.3 is 10.1 Å². The number of hydrogen-bond acceptors (Lipinski definition) is 4. The average molecular weight is 365 g/mol. The Labute approximate surface area is 151 Å². The molecule has 0 aliphatic carbocycles. The summed E-state index contributed by atoms with van der Waals surface area (Å²) in [5.41, 5.74) is 0.682. The highest BCUT2D eigenvalue weighted by molar-refractivity contribution is 7.16. The van der Waals surface area contributed by atoms with E-state index in [1.54, 1.807) is 6.08 Å². The third-order valence-electron chi connectivity index (χ3n) is 3.22. The van der Waals surface area contributed by atoms with Crippen LogP contribution in [-0.2, 0) is 11.3 Å². The van der Waals surface area contributed by atoms with Crippen LogP contribution in [0.15, 0.2) is 49.1 Å². The van der Waals surface area contributed by atoms with Gasteiger partial charge >= 0.3 is 0 Å². The van der Waals surface area contributed by atoms with Gasteiger partial charge in [-0.1, -0.05) is 29.8 Å². The van der Waals surface area contributed by atoms with Crippen molar-refractivity contribution in [2.45, 2.75) is 13.5 Å². The molecular weight excluding hydrogens is 344 g/mol. The number of carbonyl (C=O) groups is 1. The van der Waals surface area contributed by atoms with E-state index in [1.807, 2.05) is 48.2 Å². The van der Waals surface area contributed by atoms with Crippen LogP contribution in [0.2, 0.25) is 4.34 Å². The number of nitrogens with one attached hydrogen (secondary N) is 1. The molecule has 0 bridgehead atoms. The van der Waals surface area contributed by atoms with Gasteiger partial charge in [0.2, 0.25) is 5.91 Å². The van der Waals surface area contributed by atoms with E-state index in [9.17, 15) is 4.79 Å². The van der Waals surface area contributed by atoms with E-state index in [4.69, 9.17) is 16.3 Å². The smallest absolute Gasteiger partial charge is 0.238 e. The molecule has 1 amide bonds. The molecule has 2 rings (SSSR count). The summed E-state index contributed by atoms with van der Waals surface area (Å²) in [4.78, 5) is 15.5. The second-order valence-electron chi connectivity index (χ2n) is 5.14. The number of ether oxygens (including phenoxy) is 1. The molecule has 0 aliphatic rings. The van der Waals surface area contributed by atoms with Crippen LogP contribution in [-0.4, -0.2) is 30.5 Å². The van der Waals surface area contributed by atoms with Gasteiger partial charge in [0.1, 0.15) is 5.75 Å². The van der Waals surface area contributed by atoms with Gasteiger partial charge in [-0.2, -0.15) is 0 Å². The lowest BCUT2D eigenvalue weighted by molar-refractivity contribution is -0.117. The zero-order valence-electron chi connectivity index (χ0n) is 13.6. The third-order valence-corrected chi connectivity index (χ3v) is 4.44. The van der Waals surface area contributed by atoms with Crippen LogP contribution in [0.25, 0.3) is 0 Å². The zero-order chi connectivity index (χ0) is 17.4. The van der Waals surface area contributed by atoms with Crippen LogP contribution in [0.1, 0.15) is 11.8 Å². The Kier molecular flexibility index (Phi) is 7.31. The molecule has 24 heavy (non-hydrogen) atoms. The molecule has 0 saturated carbocycles. The minimum atomic E-state index is -0.0911. The Morgan fingerprint density at radius 1 is 1.38 bits per heavy atom. The number of anilines is 1. The number of benzene rings is 1. The number of carbonyl (C=O) groups excluding carboxylic acids is 1. The molecule has 2 aromatic rings. The molecule has 6 heteroatoms. The van der Waals surface area contributed by atoms with Gasteiger partial charge in [-0.25, -0.2) is 0 Å². The monoisotopic (exact) mass is 364 g/mol. The molecule has 0 fully saturated rings. The van der Waals surface area contributed by atoms with E-state index in [0.717, 1.165) is 9.21 Å². The first kappa shape index (κ1) is 18.5. The standard InChI is InChI=1S/C18H21ClN2O2S/c1-3-11-21(12-14-9-10-17(19)24-14)13-18(22)20-15-7-5-6-8-16(15)23-4-2/h3,5-10H,1,4,11-13H2,2H3,(H,20,22). The average Bonchev–Trinajstić information content (AvgIpc) is 2.94. The second kappa shape index (κ2) is 9.47. The Morgan fingerprint density at radius 3 is 2.83 bits per heavy atom. The van der Waals surface area contributed by atoms with Crippen molar-refractivity contribution in [1.29, 1.82) is 0 Å². The first-order valence-electron chi connectivity index (χ1n) is 7.71. The molecule has 0 atom stereocenters. The quantitative estimate of drug-likeness (QED) is 0.669. The molecule has 0 saturated heterocycles. The maximum Gasteiger partial charge on any atom is 0.238 e. The highest BCUT2D eigenvalue weighted by Crippen LogP contribution is 2.24. The molecule has 1 aromatic heterocycles. The summed E-state index contributed by atoms with van der Waals surface area (Å²) in [6.45, 7) is 7.77. The maximum atomic E-state index is 12.4. The SMILES string of the molecule is C=CCN(CC(=O)Nc1ccccc1OCC)Cc1ccc(Cl)s1. The summed E-state index contributed by atoms with van der Waals surface area (Å²) in [7, 11) is 0. The van der Waals surface area contributed by atoms with E-state index in [1.165, 1.54) is 11.3 Å². The number of hydrogen-bond donors (Lipinski definition) is 1. The number of nitrogens with zero attached hydrogens (tertiary/aromatic N) is 1. The number of halogens is 1. The first-order chi connectivity index (χ1) is 11.6. The third kappa shape index (κ3) is 5.67. The molecule has 0 unspecified atom stereocenters. The van der Waals surface area contributed by atoms with Gasteiger partial charge in [0.25, 0.3) is 0 Å². The lowest BCUT2D eigenvalue weighted by Gasteiger charge is -2.20. The van der Waals surface area contributed by atoms with Gasteiger partial charge in [0, 0.05) is 18.0 Å². The fraction of sp³-hybridized carbons (Fsp3) is 0.278. The van der Waals surface area contributed by atoms with Gasteiger partial charge in [0.05, 0.1) is 23.2 Å². The molecule has 1 N–H and O–H groups in total. The van der Waals surface area contributed by atoms with Crippen LogP contribution in [0.3, 0.4) is 0 Å². The fourth-order valence-electron chi connectivity index (χ4n) is 2.27. The molecule has 0 aliphatic heterocycles. The van der Waals surface area contributed by atoms with E-state index >= 15 is 0 Å². The van der Waals surface area contributed by atoms with Gasteiger partial charge in [-0.05, 0) is 31.2 Å². The van der Waals surface area contributed by atoms with Crippen molar-refractivity contribution in [2.24, 2.45) is 0 Å². The Hall–Kier alpha value is -1.82. The Balaban J connectivity index is 1.98. The summed E-state index contributed by atoms with van der Waals surface area (Å²) in [6, 6.07) is 11.3. The predicted molar refractivity (Wildman–Crippen MR) is 101 cm³/mol. The molecule has 4 nitrogen and oxygen atoms in total. The van der Waals surface area contributed by atoms with E-state index in [2.05, 4.69) is 11.9 Å². The van der Waals surface area contributed by atoms with Crippen molar-refractivity contribution >= 4 is 34.5 Å². The molecule has 128 valence electrons. The summed E-state index contributed by atoms with van der Waals surface area (Å²) < 4.78 is 6.28. The lowest BCUT2D eigenvalue weighted by Crippen LogP contribution is -2.32. The van der Waals surface area contributed by atoms with Crippen LogP contribution in [0.5, 0.6) is 5.75 Å². The zero-order valence-corrected chi connectivity index (χ0v) is 15.2. The van der Waals surface area contributed by atoms with Gasteiger partial charge in [0.15, 0.2) is 0 Å². The van der Waals surface area contributed by atoms with Crippen LogP contribution >= 0.6 is 22.9 Å². The fourth-order valence-corrected chi connectivity index (χ4v) is 3.40. The molecule has 0 radical (unpaired) electrons.